The molecule has 0 aliphatic carbocycles. The van der Waals surface area contributed by atoms with Gasteiger partial charge in [0.1, 0.15) is 11.5 Å². The van der Waals surface area contributed by atoms with E-state index in [1.807, 2.05) is 31.2 Å². The number of methoxy groups -OCH3 is 1. The Kier molecular flexibility index (Phi) is 10.2. The van der Waals surface area contributed by atoms with Crippen molar-refractivity contribution in [1.82, 2.24) is 20.1 Å². The van der Waals surface area contributed by atoms with Gasteiger partial charge in [0.25, 0.3) is 0 Å². The topological polar surface area (TPSA) is 70.8 Å². The number of carbonyl (C=O) groups excluding carboxylic acids is 1. The zero-order chi connectivity index (χ0) is 25.4. The van der Waals surface area contributed by atoms with Crippen LogP contribution in [0.2, 0.25) is 0 Å². The monoisotopic (exact) mass is 484 g/mol. The van der Waals surface area contributed by atoms with Crippen LogP contribution in [-0.2, 0) is 11.3 Å². The maximum absolute atomic E-state index is 12.9. The summed E-state index contributed by atoms with van der Waals surface area (Å²) in [6.45, 7) is 17.2. The summed E-state index contributed by atoms with van der Waals surface area (Å²) in [6.07, 6.45) is 1.96. The van der Waals surface area contributed by atoms with Gasteiger partial charge in [-0.05, 0) is 62.4 Å². The molecule has 1 aromatic heterocycles. The summed E-state index contributed by atoms with van der Waals surface area (Å²) >= 11 is 0. The lowest BCUT2D eigenvalue weighted by Crippen LogP contribution is -2.45. The summed E-state index contributed by atoms with van der Waals surface area (Å²) in [6, 6.07) is 7.73. The summed E-state index contributed by atoms with van der Waals surface area (Å²) in [4.78, 5) is 22.5. The van der Waals surface area contributed by atoms with Crippen molar-refractivity contribution in [3.05, 3.63) is 35.7 Å². The number of likely N-dealkylation sites (tertiary alicyclic amines) is 1. The first-order chi connectivity index (χ1) is 16.7. The van der Waals surface area contributed by atoms with Gasteiger partial charge in [-0.15, -0.1) is 0 Å². The van der Waals surface area contributed by atoms with Crippen LogP contribution in [0.5, 0.6) is 5.75 Å². The molecule has 7 nitrogen and oxygen atoms in total. The number of aromatic nitrogens is 1. The molecule has 1 atom stereocenters. The second kappa shape index (κ2) is 13.1. The molecule has 0 saturated carbocycles. The second-order valence-corrected chi connectivity index (χ2v) is 10.7. The number of nitrogens with zero attached hydrogens (tertiary/aromatic N) is 3. The van der Waals surface area contributed by atoms with Crippen LogP contribution in [0.25, 0.3) is 11.5 Å². The summed E-state index contributed by atoms with van der Waals surface area (Å²) in [7, 11) is 1.66. The van der Waals surface area contributed by atoms with Crippen molar-refractivity contribution >= 4 is 5.91 Å². The number of nitrogens with one attached hydrogen (secondary N) is 1. The second-order valence-electron chi connectivity index (χ2n) is 10.7. The number of amides is 1. The van der Waals surface area contributed by atoms with E-state index in [1.54, 1.807) is 7.11 Å². The number of carbonyl (C=O) groups is 1. The molecule has 1 aliphatic heterocycles. The first-order valence-corrected chi connectivity index (χ1v) is 13.1. The molecule has 1 aliphatic rings. The van der Waals surface area contributed by atoms with Gasteiger partial charge in [0.2, 0.25) is 11.8 Å². The zero-order valence-electron chi connectivity index (χ0n) is 22.5. The molecule has 1 unspecified atom stereocenters. The molecule has 3 rings (SSSR count). The number of piperidine rings is 1. The van der Waals surface area contributed by atoms with E-state index in [0.717, 1.165) is 68.3 Å². The average molecular weight is 485 g/mol. The number of ether oxygens (including phenoxy) is 1. The SMILES string of the molecule is COc1ccc(-c2nc(CN3CCCC(C(=O)NCCN(CC(C)C)CC(C)C)C3)c(C)o2)cc1. The van der Waals surface area contributed by atoms with Crippen LogP contribution in [0.15, 0.2) is 28.7 Å². The Balaban J connectivity index is 1.51. The number of aryl methyl sites for hydroxylation is 1. The van der Waals surface area contributed by atoms with Gasteiger partial charge >= 0.3 is 0 Å². The van der Waals surface area contributed by atoms with Crippen molar-refractivity contribution in [2.45, 2.75) is 54.0 Å². The van der Waals surface area contributed by atoms with Crippen LogP contribution in [0, 0.1) is 24.7 Å². The fourth-order valence-corrected chi connectivity index (χ4v) is 4.83. The van der Waals surface area contributed by atoms with Crippen LogP contribution in [0.1, 0.15) is 52.0 Å². The van der Waals surface area contributed by atoms with E-state index in [4.69, 9.17) is 14.1 Å². The van der Waals surface area contributed by atoms with E-state index in [1.165, 1.54) is 0 Å². The Bertz CT molecular complexity index is 913. The molecule has 1 aromatic carbocycles. The molecular formula is C28H44N4O3. The Morgan fingerprint density at radius 1 is 1.20 bits per heavy atom. The molecule has 0 radical (unpaired) electrons. The molecule has 35 heavy (non-hydrogen) atoms. The van der Waals surface area contributed by atoms with Crippen molar-refractivity contribution in [2.24, 2.45) is 17.8 Å². The molecule has 1 saturated heterocycles. The number of hydrogen-bond acceptors (Lipinski definition) is 6. The van der Waals surface area contributed by atoms with Crippen LogP contribution < -0.4 is 10.1 Å². The van der Waals surface area contributed by atoms with Gasteiger partial charge in [-0.2, -0.15) is 0 Å². The predicted molar refractivity (Wildman–Crippen MR) is 140 cm³/mol. The van der Waals surface area contributed by atoms with Crippen LogP contribution in [-0.4, -0.2) is 67.1 Å². The van der Waals surface area contributed by atoms with Gasteiger partial charge < -0.3 is 19.4 Å². The van der Waals surface area contributed by atoms with Crippen molar-refractivity contribution in [2.75, 3.05) is 46.4 Å². The van der Waals surface area contributed by atoms with Crippen LogP contribution in [0.3, 0.4) is 0 Å². The number of oxazole rings is 1. The van der Waals surface area contributed by atoms with Gasteiger partial charge in [-0.1, -0.05) is 27.7 Å². The maximum atomic E-state index is 12.9. The van der Waals surface area contributed by atoms with Gasteiger partial charge in [-0.3, -0.25) is 9.69 Å². The van der Waals surface area contributed by atoms with E-state index in [2.05, 4.69) is 42.8 Å². The Hall–Kier alpha value is -2.38. The van der Waals surface area contributed by atoms with E-state index >= 15 is 0 Å². The van der Waals surface area contributed by atoms with Crippen molar-refractivity contribution < 1.29 is 13.9 Å². The van der Waals surface area contributed by atoms with Gasteiger partial charge in [-0.25, -0.2) is 4.98 Å². The summed E-state index contributed by atoms with van der Waals surface area (Å²) in [5, 5.41) is 3.21. The first-order valence-electron chi connectivity index (χ1n) is 13.1. The molecule has 1 fully saturated rings. The zero-order valence-corrected chi connectivity index (χ0v) is 22.5. The number of benzene rings is 1. The molecular weight excluding hydrogens is 440 g/mol. The lowest BCUT2D eigenvalue weighted by atomic mass is 9.97. The minimum absolute atomic E-state index is 0.0284. The molecule has 7 heteroatoms. The van der Waals surface area contributed by atoms with Gasteiger partial charge in [0, 0.05) is 44.8 Å². The smallest absolute Gasteiger partial charge is 0.226 e. The van der Waals surface area contributed by atoms with Gasteiger partial charge in [0.15, 0.2) is 0 Å². The maximum Gasteiger partial charge on any atom is 0.226 e. The third-order valence-electron chi connectivity index (χ3n) is 6.45. The average Bonchev–Trinajstić information content (AvgIpc) is 3.18. The third-order valence-corrected chi connectivity index (χ3v) is 6.45. The standard InChI is InChI=1S/C28H44N4O3/c1-20(2)16-32(17-21(3)4)15-13-29-27(33)24-8-7-14-31(18-24)19-26-22(5)35-28(30-26)23-9-11-25(34-6)12-10-23/h9-12,20-21,24H,7-8,13-19H2,1-6H3,(H,29,33). The highest BCUT2D eigenvalue weighted by Gasteiger charge is 2.27. The largest absolute Gasteiger partial charge is 0.497 e. The predicted octanol–water partition coefficient (Wildman–Crippen LogP) is 4.60. The Labute approximate surface area is 211 Å². The minimum Gasteiger partial charge on any atom is -0.497 e. The third kappa shape index (κ3) is 8.36. The fourth-order valence-electron chi connectivity index (χ4n) is 4.83. The highest BCUT2D eigenvalue weighted by molar-refractivity contribution is 5.78. The van der Waals surface area contributed by atoms with E-state index in [9.17, 15) is 4.79 Å². The molecule has 0 spiro atoms. The highest BCUT2D eigenvalue weighted by Crippen LogP contribution is 2.26. The quantitative estimate of drug-likeness (QED) is 0.475. The van der Waals surface area contributed by atoms with Gasteiger partial charge in [0.05, 0.1) is 18.7 Å². The van der Waals surface area contributed by atoms with E-state index < -0.39 is 0 Å². The Morgan fingerprint density at radius 3 is 2.51 bits per heavy atom. The minimum atomic E-state index is 0.0284. The number of hydrogen-bond donors (Lipinski definition) is 1. The summed E-state index contributed by atoms with van der Waals surface area (Å²) < 4.78 is 11.2. The van der Waals surface area contributed by atoms with Crippen molar-refractivity contribution in [3.63, 3.8) is 0 Å². The van der Waals surface area contributed by atoms with Crippen LogP contribution in [0.4, 0.5) is 0 Å². The molecule has 1 amide bonds. The molecule has 194 valence electrons. The van der Waals surface area contributed by atoms with E-state index in [0.29, 0.717) is 30.8 Å². The highest BCUT2D eigenvalue weighted by atomic mass is 16.5. The molecule has 0 bridgehead atoms. The Morgan fingerprint density at radius 2 is 1.89 bits per heavy atom. The van der Waals surface area contributed by atoms with Crippen LogP contribution >= 0.6 is 0 Å². The van der Waals surface area contributed by atoms with E-state index in [-0.39, 0.29) is 11.8 Å². The first kappa shape index (κ1) is 27.2. The molecule has 2 aromatic rings. The van der Waals surface area contributed by atoms with Crippen molar-refractivity contribution in [1.29, 1.82) is 0 Å². The lowest BCUT2D eigenvalue weighted by Gasteiger charge is -2.32. The summed E-state index contributed by atoms with van der Waals surface area (Å²) in [5.74, 6) is 3.72. The normalized spacial score (nSPS) is 16.9. The number of rotatable bonds is 12. The summed E-state index contributed by atoms with van der Waals surface area (Å²) in [5.41, 5.74) is 1.87. The van der Waals surface area contributed by atoms with Crippen molar-refractivity contribution in [3.8, 4) is 17.2 Å². The lowest BCUT2D eigenvalue weighted by molar-refractivity contribution is -0.126. The fraction of sp³-hybridized carbons (Fsp3) is 0.643. The molecule has 2 heterocycles. The molecule has 1 N–H and O–H groups in total.